The quantitative estimate of drug-likeness (QED) is 0.603. The van der Waals surface area contributed by atoms with Crippen LogP contribution < -0.4 is 5.32 Å². The Labute approximate surface area is 197 Å². The van der Waals surface area contributed by atoms with Crippen LogP contribution in [0.5, 0.6) is 0 Å². The van der Waals surface area contributed by atoms with Gasteiger partial charge in [-0.15, -0.1) is 11.8 Å². The fourth-order valence-electron chi connectivity index (χ4n) is 4.24. The minimum atomic E-state index is -0.103. The van der Waals surface area contributed by atoms with E-state index in [1.165, 1.54) is 0 Å². The van der Waals surface area contributed by atoms with E-state index < -0.39 is 0 Å². The largest absolute Gasteiger partial charge is 0.352 e. The van der Waals surface area contributed by atoms with Gasteiger partial charge in [0.15, 0.2) is 0 Å². The number of hydrogen-bond acceptors (Lipinski definition) is 3. The summed E-state index contributed by atoms with van der Waals surface area (Å²) < 4.78 is 0. The standard InChI is InChI=1S/C24H24Cl2N2O2S/c1-28-20-12-16(23(29)27-14-17-7-3-5-9-19(17)26)10-11-21(20)31-22(24(28)30)13-15-6-2-4-8-18(15)25/h2-9,13,16,20-21H,10-12,14H2,1H3,(H,27,29)/b22-13+. The number of thioether (sulfide) groups is 1. The van der Waals surface area contributed by atoms with Crippen LogP contribution in [0.25, 0.3) is 6.08 Å². The third kappa shape index (κ3) is 4.94. The van der Waals surface area contributed by atoms with E-state index in [9.17, 15) is 9.59 Å². The summed E-state index contributed by atoms with van der Waals surface area (Å²) in [4.78, 5) is 28.3. The van der Waals surface area contributed by atoms with Crippen molar-refractivity contribution in [3.05, 3.63) is 74.6 Å². The summed E-state index contributed by atoms with van der Waals surface area (Å²) in [7, 11) is 1.84. The molecule has 3 atom stereocenters. The minimum absolute atomic E-state index is 0.0108. The highest BCUT2D eigenvalue weighted by Gasteiger charge is 2.42. The van der Waals surface area contributed by atoms with Crippen LogP contribution in [-0.4, -0.2) is 35.1 Å². The molecule has 4 rings (SSSR count). The van der Waals surface area contributed by atoms with Gasteiger partial charge in [0, 0.05) is 40.8 Å². The van der Waals surface area contributed by atoms with Gasteiger partial charge < -0.3 is 10.2 Å². The van der Waals surface area contributed by atoms with Gasteiger partial charge in [0.05, 0.1) is 4.91 Å². The fraction of sp³-hybridized carbons (Fsp3) is 0.333. The molecule has 1 N–H and O–H groups in total. The first-order valence-corrected chi connectivity index (χ1v) is 12.0. The highest BCUT2D eigenvalue weighted by Crippen LogP contribution is 2.43. The van der Waals surface area contributed by atoms with Gasteiger partial charge in [0.2, 0.25) is 5.91 Å². The lowest BCUT2D eigenvalue weighted by Crippen LogP contribution is -2.52. The zero-order chi connectivity index (χ0) is 22.0. The smallest absolute Gasteiger partial charge is 0.260 e. The molecule has 1 heterocycles. The molecule has 0 aromatic heterocycles. The predicted molar refractivity (Wildman–Crippen MR) is 128 cm³/mol. The Kier molecular flexibility index (Phi) is 6.95. The second-order valence-electron chi connectivity index (χ2n) is 7.99. The third-order valence-corrected chi connectivity index (χ3v) is 8.15. The zero-order valence-corrected chi connectivity index (χ0v) is 19.5. The second-order valence-corrected chi connectivity index (χ2v) is 10.1. The average molecular weight is 475 g/mol. The number of carbonyl (C=O) groups is 2. The number of benzene rings is 2. The Balaban J connectivity index is 1.41. The van der Waals surface area contributed by atoms with Crippen LogP contribution in [0, 0.1) is 5.92 Å². The van der Waals surface area contributed by atoms with Gasteiger partial charge in [-0.25, -0.2) is 0 Å². The number of halogens is 2. The summed E-state index contributed by atoms with van der Waals surface area (Å²) in [5.41, 5.74) is 1.75. The number of likely N-dealkylation sites (N-methyl/N-ethyl adjacent to an activating group) is 1. The van der Waals surface area contributed by atoms with Gasteiger partial charge >= 0.3 is 0 Å². The number of hydrogen-bond donors (Lipinski definition) is 1. The maximum Gasteiger partial charge on any atom is 0.260 e. The van der Waals surface area contributed by atoms with Crippen LogP contribution in [0.15, 0.2) is 53.4 Å². The van der Waals surface area contributed by atoms with Crippen LogP contribution in [0.4, 0.5) is 0 Å². The molecule has 0 bridgehead atoms. The molecule has 2 amide bonds. The van der Waals surface area contributed by atoms with Crippen LogP contribution in [-0.2, 0) is 16.1 Å². The van der Waals surface area contributed by atoms with Crippen molar-refractivity contribution in [1.82, 2.24) is 10.2 Å². The lowest BCUT2D eigenvalue weighted by molar-refractivity contribution is -0.132. The maximum absolute atomic E-state index is 13.0. The lowest BCUT2D eigenvalue weighted by atomic mass is 9.83. The highest BCUT2D eigenvalue weighted by molar-refractivity contribution is 8.04. The minimum Gasteiger partial charge on any atom is -0.352 e. The Morgan fingerprint density at radius 3 is 2.58 bits per heavy atom. The third-order valence-electron chi connectivity index (χ3n) is 6.04. The summed E-state index contributed by atoms with van der Waals surface area (Å²) in [6.45, 7) is 0.414. The van der Waals surface area contributed by atoms with Crippen molar-refractivity contribution in [2.45, 2.75) is 37.1 Å². The molecule has 1 saturated carbocycles. The molecule has 2 aliphatic rings. The molecular weight excluding hydrogens is 451 g/mol. The molecule has 4 nitrogen and oxygen atoms in total. The van der Waals surface area contributed by atoms with E-state index in [2.05, 4.69) is 5.32 Å². The molecule has 2 aromatic rings. The van der Waals surface area contributed by atoms with Gasteiger partial charge in [-0.2, -0.15) is 0 Å². The first kappa shape index (κ1) is 22.3. The van der Waals surface area contributed by atoms with Crippen LogP contribution in [0.3, 0.4) is 0 Å². The van der Waals surface area contributed by atoms with Crippen LogP contribution in [0.2, 0.25) is 10.0 Å². The summed E-state index contributed by atoms with van der Waals surface area (Å²) >= 11 is 14.1. The molecule has 3 unspecified atom stereocenters. The Bertz CT molecular complexity index is 1030. The Morgan fingerprint density at radius 1 is 1.13 bits per heavy atom. The Hall–Kier alpha value is -1.95. The lowest BCUT2D eigenvalue weighted by Gasteiger charge is -2.44. The van der Waals surface area contributed by atoms with Crippen molar-refractivity contribution >= 4 is 52.9 Å². The first-order valence-electron chi connectivity index (χ1n) is 10.3. The second kappa shape index (κ2) is 9.68. The van der Waals surface area contributed by atoms with Crippen molar-refractivity contribution in [1.29, 1.82) is 0 Å². The normalized spacial score (nSPS) is 24.7. The average Bonchev–Trinajstić information content (AvgIpc) is 2.78. The molecule has 0 radical (unpaired) electrons. The molecule has 2 fully saturated rings. The van der Waals surface area contributed by atoms with Crippen molar-refractivity contribution in [2.24, 2.45) is 5.92 Å². The van der Waals surface area contributed by atoms with Gasteiger partial charge in [-0.05, 0) is 48.6 Å². The molecule has 7 heteroatoms. The van der Waals surface area contributed by atoms with E-state index in [0.29, 0.717) is 27.9 Å². The van der Waals surface area contributed by atoms with Crippen molar-refractivity contribution in [3.8, 4) is 0 Å². The molecule has 1 aliphatic carbocycles. The van der Waals surface area contributed by atoms with E-state index in [1.807, 2.05) is 61.7 Å². The van der Waals surface area contributed by atoms with E-state index in [-0.39, 0.29) is 29.0 Å². The SMILES string of the molecule is CN1C(=O)/C(=C\c2ccccc2Cl)SC2CCC(C(=O)NCc3ccccc3Cl)CC21. The first-order chi connectivity index (χ1) is 14.9. The van der Waals surface area contributed by atoms with E-state index >= 15 is 0 Å². The molecule has 2 aromatic carbocycles. The molecule has 1 aliphatic heterocycles. The Morgan fingerprint density at radius 2 is 1.84 bits per heavy atom. The number of fused-ring (bicyclic) bond motifs is 1. The fourth-order valence-corrected chi connectivity index (χ4v) is 6.10. The van der Waals surface area contributed by atoms with E-state index in [0.717, 1.165) is 24.0 Å². The van der Waals surface area contributed by atoms with Gasteiger partial charge in [0.1, 0.15) is 0 Å². The molecule has 162 valence electrons. The summed E-state index contributed by atoms with van der Waals surface area (Å²) in [5.74, 6) is -0.0846. The maximum atomic E-state index is 13.0. The van der Waals surface area contributed by atoms with Gasteiger partial charge in [-0.3, -0.25) is 9.59 Å². The van der Waals surface area contributed by atoms with E-state index in [4.69, 9.17) is 23.2 Å². The van der Waals surface area contributed by atoms with E-state index in [1.54, 1.807) is 16.7 Å². The molecular formula is C24H24Cl2N2O2S. The van der Waals surface area contributed by atoms with Crippen molar-refractivity contribution in [3.63, 3.8) is 0 Å². The number of rotatable bonds is 4. The van der Waals surface area contributed by atoms with Crippen molar-refractivity contribution in [2.75, 3.05) is 7.05 Å². The number of nitrogens with zero attached hydrogens (tertiary/aromatic N) is 1. The zero-order valence-electron chi connectivity index (χ0n) is 17.2. The highest BCUT2D eigenvalue weighted by atomic mass is 35.5. The molecule has 31 heavy (non-hydrogen) atoms. The van der Waals surface area contributed by atoms with Gasteiger partial charge in [-0.1, -0.05) is 59.6 Å². The number of nitrogens with one attached hydrogen (secondary N) is 1. The number of amides is 2. The van der Waals surface area contributed by atoms with Gasteiger partial charge in [0.25, 0.3) is 5.91 Å². The van der Waals surface area contributed by atoms with Crippen LogP contribution in [0.1, 0.15) is 30.4 Å². The van der Waals surface area contributed by atoms with Crippen LogP contribution >= 0.6 is 35.0 Å². The summed E-state index contributed by atoms with van der Waals surface area (Å²) in [6, 6.07) is 15.1. The topological polar surface area (TPSA) is 49.4 Å². The predicted octanol–water partition coefficient (Wildman–Crippen LogP) is 5.39. The molecule has 0 spiro atoms. The number of carbonyl (C=O) groups excluding carboxylic acids is 2. The van der Waals surface area contributed by atoms with Crippen molar-refractivity contribution < 1.29 is 9.59 Å². The monoisotopic (exact) mass is 474 g/mol. The summed E-state index contributed by atoms with van der Waals surface area (Å²) in [6.07, 6.45) is 4.25. The molecule has 1 saturated heterocycles. The summed E-state index contributed by atoms with van der Waals surface area (Å²) in [5, 5.41) is 4.58.